The molecule has 1 amide bonds. The maximum atomic E-state index is 12.3. The quantitative estimate of drug-likeness (QED) is 0.880. The molecule has 0 saturated carbocycles. The van der Waals surface area contributed by atoms with E-state index in [0.717, 1.165) is 0 Å². The van der Waals surface area contributed by atoms with E-state index in [2.05, 4.69) is 10.5 Å². The maximum absolute atomic E-state index is 12.3. The highest BCUT2D eigenvalue weighted by Crippen LogP contribution is 2.29. The molecule has 7 nitrogen and oxygen atoms in total. The molecule has 2 aromatic rings. The van der Waals surface area contributed by atoms with Gasteiger partial charge in [0.2, 0.25) is 0 Å². The zero-order valence-electron chi connectivity index (χ0n) is 13.1. The first-order valence-corrected chi connectivity index (χ1v) is 7.06. The van der Waals surface area contributed by atoms with Gasteiger partial charge in [0.05, 0.1) is 18.7 Å². The Hall–Kier alpha value is -3.01. The van der Waals surface area contributed by atoms with Crippen molar-refractivity contribution in [3.8, 4) is 17.6 Å². The van der Waals surface area contributed by atoms with Gasteiger partial charge in [-0.25, -0.2) is 0 Å². The Morgan fingerprint density at radius 2 is 2.22 bits per heavy atom. The minimum atomic E-state index is -0.728. The number of anilines is 1. The van der Waals surface area contributed by atoms with E-state index in [-0.39, 0.29) is 5.91 Å². The Morgan fingerprint density at radius 1 is 1.43 bits per heavy atom. The summed E-state index contributed by atoms with van der Waals surface area (Å²) in [5.74, 6) is 1.38. The first-order valence-electron chi connectivity index (χ1n) is 7.06. The van der Waals surface area contributed by atoms with Gasteiger partial charge in [-0.3, -0.25) is 4.79 Å². The molecule has 0 aliphatic rings. The van der Waals surface area contributed by atoms with E-state index in [1.165, 1.54) is 7.11 Å². The number of amides is 1. The van der Waals surface area contributed by atoms with Crippen molar-refractivity contribution in [2.24, 2.45) is 0 Å². The average molecular weight is 315 g/mol. The molecular formula is C16H17N3O4. The number of hydrogen-bond donors (Lipinski definition) is 1. The lowest BCUT2D eigenvalue weighted by Crippen LogP contribution is -2.32. The number of carbonyl (C=O) groups excluding carboxylic acids is 1. The first-order chi connectivity index (χ1) is 11.1. The van der Waals surface area contributed by atoms with Crippen molar-refractivity contribution in [1.82, 2.24) is 5.16 Å². The van der Waals surface area contributed by atoms with Crippen LogP contribution in [0.2, 0.25) is 0 Å². The number of benzene rings is 1. The van der Waals surface area contributed by atoms with Crippen LogP contribution in [0.4, 0.5) is 5.82 Å². The van der Waals surface area contributed by atoms with Crippen LogP contribution in [0.25, 0.3) is 0 Å². The van der Waals surface area contributed by atoms with Crippen LogP contribution in [0.3, 0.4) is 0 Å². The predicted molar refractivity (Wildman–Crippen MR) is 82.3 cm³/mol. The molecule has 0 radical (unpaired) electrons. The summed E-state index contributed by atoms with van der Waals surface area (Å²) in [6.45, 7) is 3.56. The standard InChI is InChI=1S/C16H17N3O4/c1-4-12(16(20)18-15-7-10(2)23-19-15)22-13-6-5-11(9-17)8-14(13)21-3/h5-8,12H,4H2,1-3H3,(H,18,19,20). The molecule has 1 N–H and O–H groups in total. The van der Waals surface area contributed by atoms with Gasteiger partial charge in [-0.15, -0.1) is 0 Å². The molecule has 120 valence electrons. The van der Waals surface area contributed by atoms with Gasteiger partial charge in [0.15, 0.2) is 23.4 Å². The Morgan fingerprint density at radius 3 is 2.78 bits per heavy atom. The zero-order valence-corrected chi connectivity index (χ0v) is 13.1. The molecule has 1 heterocycles. The summed E-state index contributed by atoms with van der Waals surface area (Å²) in [6.07, 6.45) is -0.278. The highest BCUT2D eigenvalue weighted by atomic mass is 16.5. The zero-order chi connectivity index (χ0) is 16.8. The number of aromatic nitrogens is 1. The van der Waals surface area contributed by atoms with Gasteiger partial charge < -0.3 is 19.3 Å². The highest BCUT2D eigenvalue weighted by Gasteiger charge is 2.21. The molecule has 0 fully saturated rings. The molecule has 0 aliphatic heterocycles. The van der Waals surface area contributed by atoms with Gasteiger partial charge in [-0.1, -0.05) is 12.1 Å². The molecule has 1 atom stereocenters. The third-order valence-corrected chi connectivity index (χ3v) is 3.10. The van der Waals surface area contributed by atoms with Crippen molar-refractivity contribution in [1.29, 1.82) is 5.26 Å². The molecule has 2 rings (SSSR count). The number of rotatable bonds is 6. The van der Waals surface area contributed by atoms with Gasteiger partial charge in [0.25, 0.3) is 5.91 Å². The number of nitrogens with one attached hydrogen (secondary N) is 1. The van der Waals surface area contributed by atoms with Crippen LogP contribution >= 0.6 is 0 Å². The second kappa shape index (κ2) is 7.31. The molecular weight excluding hydrogens is 298 g/mol. The lowest BCUT2D eigenvalue weighted by molar-refractivity contribution is -0.122. The fraction of sp³-hybridized carbons (Fsp3) is 0.312. The molecule has 7 heteroatoms. The molecule has 23 heavy (non-hydrogen) atoms. The summed E-state index contributed by atoms with van der Waals surface area (Å²) in [5, 5.41) is 15.2. The summed E-state index contributed by atoms with van der Waals surface area (Å²) in [4.78, 5) is 12.3. The topological polar surface area (TPSA) is 97.4 Å². The van der Waals surface area contributed by atoms with Crippen LogP contribution in [0.1, 0.15) is 24.7 Å². The second-order valence-electron chi connectivity index (χ2n) is 4.80. The van der Waals surface area contributed by atoms with Gasteiger partial charge in [0, 0.05) is 12.1 Å². The maximum Gasteiger partial charge on any atom is 0.266 e. The fourth-order valence-corrected chi connectivity index (χ4v) is 1.94. The number of ether oxygens (including phenoxy) is 2. The van der Waals surface area contributed by atoms with E-state index in [1.807, 2.05) is 13.0 Å². The number of nitriles is 1. The smallest absolute Gasteiger partial charge is 0.266 e. The molecule has 0 aliphatic carbocycles. The Kier molecular flexibility index (Phi) is 5.20. The molecule has 0 spiro atoms. The van der Waals surface area contributed by atoms with Crippen LogP contribution < -0.4 is 14.8 Å². The lowest BCUT2D eigenvalue weighted by atomic mass is 10.2. The summed E-state index contributed by atoms with van der Waals surface area (Å²) in [7, 11) is 1.47. The van der Waals surface area contributed by atoms with Crippen LogP contribution in [0, 0.1) is 18.3 Å². The van der Waals surface area contributed by atoms with E-state index >= 15 is 0 Å². The summed E-state index contributed by atoms with van der Waals surface area (Å²) in [6, 6.07) is 8.40. The van der Waals surface area contributed by atoms with Crippen molar-refractivity contribution in [3.63, 3.8) is 0 Å². The largest absolute Gasteiger partial charge is 0.493 e. The third-order valence-electron chi connectivity index (χ3n) is 3.10. The van der Waals surface area contributed by atoms with Crippen molar-refractivity contribution in [3.05, 3.63) is 35.6 Å². The number of carbonyl (C=O) groups is 1. The monoisotopic (exact) mass is 315 g/mol. The van der Waals surface area contributed by atoms with Gasteiger partial charge in [0.1, 0.15) is 5.76 Å². The van der Waals surface area contributed by atoms with Crippen molar-refractivity contribution in [2.45, 2.75) is 26.4 Å². The summed E-state index contributed by atoms with van der Waals surface area (Å²) in [5.41, 5.74) is 0.449. The van der Waals surface area contributed by atoms with E-state index in [0.29, 0.717) is 35.1 Å². The van der Waals surface area contributed by atoms with Crippen LogP contribution in [-0.2, 0) is 4.79 Å². The molecule has 1 aromatic carbocycles. The van der Waals surface area contributed by atoms with Gasteiger partial charge in [-0.05, 0) is 25.5 Å². The SMILES string of the molecule is CCC(Oc1ccc(C#N)cc1OC)C(=O)Nc1cc(C)on1. The molecule has 0 saturated heterocycles. The second-order valence-corrected chi connectivity index (χ2v) is 4.80. The summed E-state index contributed by atoms with van der Waals surface area (Å²) >= 11 is 0. The number of hydrogen-bond acceptors (Lipinski definition) is 6. The molecule has 1 aromatic heterocycles. The van der Waals surface area contributed by atoms with E-state index in [4.69, 9.17) is 19.3 Å². The van der Waals surface area contributed by atoms with Crippen molar-refractivity contribution < 1.29 is 18.8 Å². The van der Waals surface area contributed by atoms with Crippen LogP contribution in [0.15, 0.2) is 28.8 Å². The van der Waals surface area contributed by atoms with E-state index in [9.17, 15) is 4.79 Å². The molecule has 1 unspecified atom stereocenters. The minimum absolute atomic E-state index is 0.335. The van der Waals surface area contributed by atoms with Crippen LogP contribution in [-0.4, -0.2) is 24.3 Å². The Balaban J connectivity index is 2.12. The molecule has 0 bridgehead atoms. The summed E-state index contributed by atoms with van der Waals surface area (Å²) < 4.78 is 15.8. The lowest BCUT2D eigenvalue weighted by Gasteiger charge is -2.18. The number of methoxy groups -OCH3 is 1. The predicted octanol–water partition coefficient (Wildman–Crippen LogP) is 2.66. The average Bonchev–Trinajstić information content (AvgIpc) is 2.97. The third kappa shape index (κ3) is 4.01. The first kappa shape index (κ1) is 16.4. The minimum Gasteiger partial charge on any atom is -0.493 e. The Bertz CT molecular complexity index is 733. The highest BCUT2D eigenvalue weighted by molar-refractivity contribution is 5.93. The van der Waals surface area contributed by atoms with Crippen LogP contribution in [0.5, 0.6) is 11.5 Å². The van der Waals surface area contributed by atoms with E-state index < -0.39 is 6.10 Å². The van der Waals surface area contributed by atoms with E-state index in [1.54, 1.807) is 31.2 Å². The van der Waals surface area contributed by atoms with Crippen molar-refractivity contribution in [2.75, 3.05) is 12.4 Å². The number of nitrogens with zero attached hydrogens (tertiary/aromatic N) is 2. The number of aryl methyl sites for hydroxylation is 1. The van der Waals surface area contributed by atoms with Gasteiger partial charge >= 0.3 is 0 Å². The van der Waals surface area contributed by atoms with Crippen molar-refractivity contribution >= 4 is 11.7 Å². The fourth-order valence-electron chi connectivity index (χ4n) is 1.94. The normalized spacial score (nSPS) is 11.4. The Labute approximate surface area is 133 Å². The van der Waals surface area contributed by atoms with Gasteiger partial charge in [-0.2, -0.15) is 5.26 Å².